The maximum absolute atomic E-state index is 13.1. The third-order valence-electron chi connectivity index (χ3n) is 4.23. The number of thioether (sulfide) groups is 1. The molecule has 0 unspecified atom stereocenters. The molecular formula is C21H17F6N3O2S. The first-order valence-corrected chi connectivity index (χ1v) is 10.1. The smallest absolute Gasteiger partial charge is 0.439 e. The van der Waals surface area contributed by atoms with Crippen LogP contribution in [0.15, 0.2) is 58.6 Å². The van der Waals surface area contributed by atoms with Crippen molar-refractivity contribution in [2.75, 3.05) is 0 Å². The van der Waals surface area contributed by atoms with Gasteiger partial charge in [-0.3, -0.25) is 0 Å². The normalized spacial score (nSPS) is 12.4. The van der Waals surface area contributed by atoms with Crippen molar-refractivity contribution in [1.29, 1.82) is 0 Å². The van der Waals surface area contributed by atoms with Gasteiger partial charge < -0.3 is 9.57 Å². The Morgan fingerprint density at radius 2 is 1.67 bits per heavy atom. The number of oxime groups is 1. The molecule has 0 fully saturated rings. The van der Waals surface area contributed by atoms with E-state index in [1.54, 1.807) is 14.0 Å². The van der Waals surface area contributed by atoms with Gasteiger partial charge in [0, 0.05) is 11.9 Å². The molecule has 0 aliphatic carbocycles. The summed E-state index contributed by atoms with van der Waals surface area (Å²) >= 11 is -0.579. The van der Waals surface area contributed by atoms with Crippen molar-refractivity contribution in [2.45, 2.75) is 29.9 Å². The monoisotopic (exact) mass is 489 g/mol. The lowest BCUT2D eigenvalue weighted by Gasteiger charge is -2.18. The van der Waals surface area contributed by atoms with Crippen LogP contribution < -0.4 is 4.74 Å². The highest BCUT2D eigenvalue weighted by Crippen LogP contribution is 2.47. The molecule has 3 rings (SSSR count). The number of nitrogens with zero attached hydrogens (tertiary/aromatic N) is 3. The summed E-state index contributed by atoms with van der Waals surface area (Å²) in [6.45, 7) is 1.68. The maximum atomic E-state index is 13.1. The average Bonchev–Trinajstić information content (AvgIpc) is 2.99. The van der Waals surface area contributed by atoms with E-state index >= 15 is 0 Å². The molecule has 0 saturated heterocycles. The summed E-state index contributed by atoms with van der Waals surface area (Å²) in [7, 11) is 1.66. The topological polar surface area (TPSA) is 48.6 Å². The first kappa shape index (κ1) is 24.5. The van der Waals surface area contributed by atoms with Gasteiger partial charge in [-0.05, 0) is 60.6 Å². The number of alkyl halides is 5. The summed E-state index contributed by atoms with van der Waals surface area (Å²) in [5.74, 6) is 0.335. The predicted octanol–water partition coefficient (Wildman–Crippen LogP) is 6.46. The summed E-state index contributed by atoms with van der Waals surface area (Å²) in [6.07, 6.45) is -4.27. The molecule has 0 amide bonds. The Kier molecular flexibility index (Phi) is 7.25. The Morgan fingerprint density at radius 3 is 2.27 bits per heavy atom. The Balaban J connectivity index is 1.61. The number of halogens is 6. The van der Waals surface area contributed by atoms with Gasteiger partial charge in [0.25, 0.3) is 0 Å². The lowest BCUT2D eigenvalue weighted by atomic mass is 10.2. The molecule has 5 nitrogen and oxygen atoms in total. The van der Waals surface area contributed by atoms with Crippen LogP contribution in [-0.4, -0.2) is 27.4 Å². The third-order valence-corrected chi connectivity index (χ3v) is 5.22. The molecule has 2 aromatic carbocycles. The number of hydrogen-bond acceptors (Lipinski definition) is 5. The molecule has 1 heterocycles. The van der Waals surface area contributed by atoms with Crippen LogP contribution in [0, 0.1) is 12.7 Å². The van der Waals surface area contributed by atoms with Gasteiger partial charge in [-0.1, -0.05) is 17.3 Å². The number of rotatable bonds is 8. The van der Waals surface area contributed by atoms with Gasteiger partial charge in [-0.15, -0.1) is 0 Å². The summed E-state index contributed by atoms with van der Waals surface area (Å²) in [5, 5.41) is 3.21. The maximum Gasteiger partial charge on any atom is 0.464 e. The van der Waals surface area contributed by atoms with Crippen molar-refractivity contribution < 1.29 is 35.9 Å². The van der Waals surface area contributed by atoms with Crippen molar-refractivity contribution in [3.8, 4) is 11.6 Å². The van der Waals surface area contributed by atoms with Crippen molar-refractivity contribution >= 4 is 18.0 Å². The van der Waals surface area contributed by atoms with E-state index in [0.29, 0.717) is 28.5 Å². The van der Waals surface area contributed by atoms with Crippen LogP contribution in [0.4, 0.5) is 26.3 Å². The average molecular weight is 489 g/mol. The van der Waals surface area contributed by atoms with E-state index in [9.17, 15) is 26.3 Å². The predicted molar refractivity (Wildman–Crippen MR) is 110 cm³/mol. The molecule has 12 heteroatoms. The SMILES string of the molecule is Cc1nn(C)c(Oc2ccc(F)cc2)c1/C=N/OCc1ccc(SC(F)(F)C(F)(F)F)cc1. The van der Waals surface area contributed by atoms with E-state index in [0.717, 1.165) is 12.1 Å². The molecule has 0 saturated carbocycles. The summed E-state index contributed by atoms with van der Waals surface area (Å²) in [4.78, 5) is 4.96. The number of ether oxygens (including phenoxy) is 1. The van der Waals surface area contributed by atoms with Gasteiger partial charge in [0.1, 0.15) is 18.2 Å². The van der Waals surface area contributed by atoms with Gasteiger partial charge in [0.2, 0.25) is 5.88 Å². The molecule has 0 aliphatic rings. The minimum Gasteiger partial charge on any atom is -0.439 e. The second-order valence-corrected chi connectivity index (χ2v) is 7.94. The third kappa shape index (κ3) is 6.21. The number of hydrogen-bond donors (Lipinski definition) is 0. The number of aryl methyl sites for hydroxylation is 2. The standard InChI is InChI=1S/C21H17F6N3O2S/c1-13-18(19(30(2)29-13)32-16-7-5-15(22)6-8-16)11-28-31-12-14-3-9-17(10-4-14)33-21(26,27)20(23,24)25/h3-11H,12H2,1-2H3/b28-11+. The molecule has 0 N–H and O–H groups in total. The molecule has 0 radical (unpaired) electrons. The van der Waals surface area contributed by atoms with Gasteiger partial charge in [0.15, 0.2) is 0 Å². The van der Waals surface area contributed by atoms with Crippen LogP contribution in [0.1, 0.15) is 16.8 Å². The summed E-state index contributed by atoms with van der Waals surface area (Å²) in [5.41, 5.74) is 1.62. The molecule has 1 aromatic heterocycles. The first-order valence-electron chi connectivity index (χ1n) is 9.31. The van der Waals surface area contributed by atoms with Crippen LogP contribution in [0.2, 0.25) is 0 Å². The van der Waals surface area contributed by atoms with E-state index in [1.165, 1.54) is 47.3 Å². The second kappa shape index (κ2) is 9.77. The van der Waals surface area contributed by atoms with Crippen LogP contribution in [0.3, 0.4) is 0 Å². The minimum absolute atomic E-state index is 0.0510. The lowest BCUT2D eigenvalue weighted by Crippen LogP contribution is -2.32. The van der Waals surface area contributed by atoms with Crippen molar-refractivity contribution in [1.82, 2.24) is 9.78 Å². The van der Waals surface area contributed by atoms with E-state index in [1.807, 2.05) is 0 Å². The van der Waals surface area contributed by atoms with Crippen LogP contribution in [0.25, 0.3) is 0 Å². The van der Waals surface area contributed by atoms with Gasteiger partial charge in [0.05, 0.1) is 17.5 Å². The van der Waals surface area contributed by atoms with Crippen molar-refractivity contribution in [2.24, 2.45) is 12.2 Å². The second-order valence-electron chi connectivity index (χ2n) is 6.75. The molecule has 176 valence electrons. The van der Waals surface area contributed by atoms with Crippen molar-refractivity contribution in [3.05, 3.63) is 71.2 Å². The number of aromatic nitrogens is 2. The zero-order valence-corrected chi connectivity index (χ0v) is 18.1. The van der Waals surface area contributed by atoms with Crippen LogP contribution in [0.5, 0.6) is 11.6 Å². The Morgan fingerprint density at radius 1 is 1.03 bits per heavy atom. The van der Waals surface area contributed by atoms with Crippen molar-refractivity contribution in [3.63, 3.8) is 0 Å². The quantitative estimate of drug-likeness (QED) is 0.158. The fraction of sp³-hybridized carbons (Fsp3) is 0.238. The largest absolute Gasteiger partial charge is 0.464 e. The zero-order chi connectivity index (χ0) is 24.2. The van der Waals surface area contributed by atoms with E-state index in [4.69, 9.17) is 9.57 Å². The molecule has 3 aromatic rings. The summed E-state index contributed by atoms with van der Waals surface area (Å²) < 4.78 is 83.4. The van der Waals surface area contributed by atoms with E-state index in [-0.39, 0.29) is 11.5 Å². The zero-order valence-electron chi connectivity index (χ0n) is 17.2. The van der Waals surface area contributed by atoms with E-state index in [2.05, 4.69) is 10.3 Å². The van der Waals surface area contributed by atoms with Gasteiger partial charge in [-0.2, -0.15) is 27.1 Å². The summed E-state index contributed by atoms with van der Waals surface area (Å²) in [6, 6.07) is 10.4. The van der Waals surface area contributed by atoms with Gasteiger partial charge >= 0.3 is 11.4 Å². The Labute approximate surface area is 189 Å². The van der Waals surface area contributed by atoms with Crippen LogP contribution in [-0.2, 0) is 18.5 Å². The highest BCUT2D eigenvalue weighted by Gasteiger charge is 2.58. The Hall–Kier alpha value is -3.15. The number of benzene rings is 2. The fourth-order valence-electron chi connectivity index (χ4n) is 2.60. The molecule has 0 spiro atoms. The molecule has 0 bridgehead atoms. The molecule has 33 heavy (non-hydrogen) atoms. The van der Waals surface area contributed by atoms with Crippen LogP contribution >= 0.6 is 11.8 Å². The highest BCUT2D eigenvalue weighted by molar-refractivity contribution is 8.00. The van der Waals surface area contributed by atoms with Gasteiger partial charge in [-0.25, -0.2) is 9.07 Å². The molecule has 0 aliphatic heterocycles. The fourth-order valence-corrected chi connectivity index (χ4v) is 3.28. The first-order chi connectivity index (χ1) is 15.5. The van der Waals surface area contributed by atoms with E-state index < -0.39 is 29.0 Å². The molecule has 0 atom stereocenters. The minimum atomic E-state index is -5.64. The molecular weight excluding hydrogens is 472 g/mol. The highest BCUT2D eigenvalue weighted by atomic mass is 32.2. The lowest BCUT2D eigenvalue weighted by molar-refractivity contribution is -0.237. The Bertz CT molecular complexity index is 1110.